The molecule has 3 aromatic rings. The van der Waals surface area contributed by atoms with Crippen LogP contribution in [0.3, 0.4) is 0 Å². The number of halogens is 1. The van der Waals surface area contributed by atoms with Crippen LogP contribution < -0.4 is 4.90 Å². The number of carbonyl (C=O) groups is 1. The van der Waals surface area contributed by atoms with Crippen molar-refractivity contribution in [2.45, 2.75) is 6.92 Å². The van der Waals surface area contributed by atoms with Crippen molar-refractivity contribution in [2.75, 3.05) is 11.4 Å². The van der Waals surface area contributed by atoms with Crippen molar-refractivity contribution in [1.29, 1.82) is 0 Å². The van der Waals surface area contributed by atoms with Gasteiger partial charge in [-0.25, -0.2) is 4.98 Å². The van der Waals surface area contributed by atoms with Gasteiger partial charge in [0.25, 0.3) is 5.91 Å². The number of benzene rings is 1. The Balaban J connectivity index is 1.87. The van der Waals surface area contributed by atoms with Crippen molar-refractivity contribution in [3.05, 3.63) is 65.0 Å². The van der Waals surface area contributed by atoms with Crippen molar-refractivity contribution >= 4 is 27.7 Å². The minimum Gasteiger partial charge on any atom is -0.350 e. The summed E-state index contributed by atoms with van der Waals surface area (Å²) in [4.78, 5) is 18.4. The molecule has 1 aromatic carbocycles. The highest BCUT2D eigenvalue weighted by Gasteiger charge is 2.22. The minimum absolute atomic E-state index is 0.190. The molecule has 23 heavy (non-hydrogen) atoms. The Morgan fingerprint density at radius 2 is 2.00 bits per heavy atom. The standard InChI is InChI=1S/C17H14BrN3O2/c1-2-21(16-9-8-13(18)11-19-16)17(22)15-10-14(20-23-15)12-6-4-3-5-7-12/h3-11H,2H2,1H3. The van der Waals surface area contributed by atoms with Crippen LogP contribution in [0.4, 0.5) is 5.82 Å². The molecule has 0 radical (unpaired) electrons. The third-order valence-electron chi connectivity index (χ3n) is 3.34. The quantitative estimate of drug-likeness (QED) is 0.690. The average Bonchev–Trinajstić information content (AvgIpc) is 3.08. The molecule has 0 aliphatic heterocycles. The Bertz CT molecular complexity index is 800. The summed E-state index contributed by atoms with van der Waals surface area (Å²) in [5.41, 5.74) is 1.54. The molecule has 0 aliphatic rings. The highest BCUT2D eigenvalue weighted by atomic mass is 79.9. The van der Waals surface area contributed by atoms with E-state index in [1.54, 1.807) is 23.2 Å². The van der Waals surface area contributed by atoms with E-state index in [0.29, 0.717) is 18.1 Å². The Morgan fingerprint density at radius 1 is 1.22 bits per heavy atom. The number of carbonyl (C=O) groups excluding carboxylic acids is 1. The summed E-state index contributed by atoms with van der Waals surface area (Å²) in [6.45, 7) is 2.37. The van der Waals surface area contributed by atoms with Gasteiger partial charge < -0.3 is 4.52 Å². The molecule has 0 bridgehead atoms. The summed E-state index contributed by atoms with van der Waals surface area (Å²) < 4.78 is 6.09. The Hall–Kier alpha value is -2.47. The fourth-order valence-corrected chi connectivity index (χ4v) is 2.43. The molecule has 0 aliphatic carbocycles. The molecular weight excluding hydrogens is 358 g/mol. The average molecular weight is 372 g/mol. The maximum atomic E-state index is 12.6. The van der Waals surface area contributed by atoms with Crippen molar-refractivity contribution in [3.8, 4) is 11.3 Å². The molecule has 3 rings (SSSR count). The maximum absolute atomic E-state index is 12.6. The minimum atomic E-state index is -0.267. The number of hydrogen-bond acceptors (Lipinski definition) is 4. The van der Waals surface area contributed by atoms with Crippen LogP contribution in [-0.2, 0) is 0 Å². The van der Waals surface area contributed by atoms with Crippen LogP contribution in [0.2, 0.25) is 0 Å². The van der Waals surface area contributed by atoms with Crippen LogP contribution in [0.25, 0.3) is 11.3 Å². The van der Waals surface area contributed by atoms with E-state index >= 15 is 0 Å². The molecule has 0 N–H and O–H groups in total. The molecule has 0 fully saturated rings. The molecule has 0 saturated heterocycles. The smallest absolute Gasteiger partial charge is 0.298 e. The van der Waals surface area contributed by atoms with Gasteiger partial charge in [0.15, 0.2) is 0 Å². The third kappa shape index (κ3) is 3.32. The molecular formula is C17H14BrN3O2. The number of hydrogen-bond donors (Lipinski definition) is 0. The lowest BCUT2D eigenvalue weighted by Gasteiger charge is -2.18. The summed E-state index contributed by atoms with van der Waals surface area (Å²) in [6, 6.07) is 14.9. The number of pyridine rings is 1. The fourth-order valence-electron chi connectivity index (χ4n) is 2.19. The second-order valence-electron chi connectivity index (χ2n) is 4.83. The second-order valence-corrected chi connectivity index (χ2v) is 5.74. The van der Waals surface area contributed by atoms with Gasteiger partial charge in [-0.1, -0.05) is 35.5 Å². The molecule has 5 nitrogen and oxygen atoms in total. The maximum Gasteiger partial charge on any atom is 0.298 e. The van der Waals surface area contributed by atoms with Crippen molar-refractivity contribution in [2.24, 2.45) is 0 Å². The van der Waals surface area contributed by atoms with Crippen LogP contribution in [0.15, 0.2) is 63.7 Å². The van der Waals surface area contributed by atoms with E-state index in [2.05, 4.69) is 26.1 Å². The molecule has 116 valence electrons. The van der Waals surface area contributed by atoms with Crippen LogP contribution in [0.1, 0.15) is 17.5 Å². The van der Waals surface area contributed by atoms with E-state index < -0.39 is 0 Å². The van der Waals surface area contributed by atoms with Gasteiger partial charge in [0.1, 0.15) is 11.5 Å². The normalized spacial score (nSPS) is 10.5. The molecule has 0 atom stereocenters. The first kappa shape index (κ1) is 15.4. The zero-order valence-corrected chi connectivity index (χ0v) is 14.0. The van der Waals surface area contributed by atoms with Crippen molar-refractivity contribution in [3.63, 3.8) is 0 Å². The molecule has 0 saturated carbocycles. The van der Waals surface area contributed by atoms with Gasteiger partial charge >= 0.3 is 0 Å². The van der Waals surface area contributed by atoms with Gasteiger partial charge in [-0.2, -0.15) is 0 Å². The van der Waals surface area contributed by atoms with Crippen LogP contribution >= 0.6 is 15.9 Å². The summed E-state index contributed by atoms with van der Waals surface area (Å²) >= 11 is 3.33. The Kier molecular flexibility index (Phi) is 4.52. The highest BCUT2D eigenvalue weighted by Crippen LogP contribution is 2.21. The van der Waals surface area contributed by atoms with E-state index in [1.807, 2.05) is 43.3 Å². The first-order valence-corrected chi connectivity index (χ1v) is 7.94. The fraction of sp³-hybridized carbons (Fsp3) is 0.118. The summed E-state index contributed by atoms with van der Waals surface area (Å²) in [5, 5.41) is 3.98. The number of nitrogens with zero attached hydrogens (tertiary/aromatic N) is 3. The van der Waals surface area contributed by atoms with Crippen molar-refractivity contribution in [1.82, 2.24) is 10.1 Å². The van der Waals surface area contributed by atoms with Gasteiger partial charge in [-0.15, -0.1) is 0 Å². The molecule has 2 heterocycles. The molecule has 6 heteroatoms. The number of rotatable bonds is 4. The van der Waals surface area contributed by atoms with Gasteiger partial charge in [-0.05, 0) is 35.0 Å². The topological polar surface area (TPSA) is 59.2 Å². The molecule has 2 aromatic heterocycles. The lowest BCUT2D eigenvalue weighted by atomic mass is 10.1. The van der Waals surface area contributed by atoms with Gasteiger partial charge in [-0.3, -0.25) is 9.69 Å². The summed E-state index contributed by atoms with van der Waals surface area (Å²) in [6.07, 6.45) is 1.65. The summed E-state index contributed by atoms with van der Waals surface area (Å²) in [5.74, 6) is 0.491. The van der Waals surface area contributed by atoms with E-state index in [1.165, 1.54) is 0 Å². The molecule has 0 spiro atoms. The zero-order valence-electron chi connectivity index (χ0n) is 12.4. The van der Waals surface area contributed by atoms with Crippen LogP contribution in [0.5, 0.6) is 0 Å². The number of amides is 1. The van der Waals surface area contributed by atoms with E-state index in [-0.39, 0.29) is 11.7 Å². The van der Waals surface area contributed by atoms with E-state index in [0.717, 1.165) is 10.0 Å². The largest absolute Gasteiger partial charge is 0.350 e. The monoisotopic (exact) mass is 371 g/mol. The molecule has 1 amide bonds. The lowest BCUT2D eigenvalue weighted by Crippen LogP contribution is -2.31. The zero-order chi connectivity index (χ0) is 16.2. The van der Waals surface area contributed by atoms with Gasteiger partial charge in [0.05, 0.1) is 0 Å². The first-order chi connectivity index (χ1) is 11.2. The second kappa shape index (κ2) is 6.75. The predicted octanol–water partition coefficient (Wildman–Crippen LogP) is 4.17. The van der Waals surface area contributed by atoms with Crippen LogP contribution in [-0.4, -0.2) is 22.6 Å². The predicted molar refractivity (Wildman–Crippen MR) is 91.2 cm³/mol. The SMILES string of the molecule is CCN(C(=O)c1cc(-c2ccccc2)no1)c1ccc(Br)cn1. The first-order valence-electron chi connectivity index (χ1n) is 7.14. The van der Waals surface area contributed by atoms with E-state index in [4.69, 9.17) is 4.52 Å². The molecule has 0 unspecified atom stereocenters. The highest BCUT2D eigenvalue weighted by molar-refractivity contribution is 9.10. The van der Waals surface area contributed by atoms with Crippen molar-refractivity contribution < 1.29 is 9.32 Å². The Labute approximate surface area is 142 Å². The summed E-state index contributed by atoms with van der Waals surface area (Å²) in [7, 11) is 0. The third-order valence-corrected chi connectivity index (χ3v) is 3.81. The number of aromatic nitrogens is 2. The lowest BCUT2D eigenvalue weighted by molar-refractivity contribution is 0.0952. The number of anilines is 1. The van der Waals surface area contributed by atoms with Gasteiger partial charge in [0, 0.05) is 28.8 Å². The van der Waals surface area contributed by atoms with E-state index in [9.17, 15) is 4.79 Å². The Morgan fingerprint density at radius 3 is 2.65 bits per heavy atom. The van der Waals surface area contributed by atoms with Gasteiger partial charge in [0.2, 0.25) is 5.76 Å². The van der Waals surface area contributed by atoms with Crippen LogP contribution in [0, 0.1) is 0 Å².